The maximum atomic E-state index is 6.42. The van der Waals surface area contributed by atoms with Crippen molar-refractivity contribution in [1.29, 1.82) is 0 Å². The minimum atomic E-state index is 0.882. The van der Waals surface area contributed by atoms with E-state index in [1.165, 1.54) is 20.9 Å². The molecule has 5 rings (SSSR count). The number of hydrogen-bond donors (Lipinski definition) is 0. The molecular formula is C24H16OS. The van der Waals surface area contributed by atoms with E-state index in [0.717, 1.165) is 22.6 Å². The molecule has 0 aromatic heterocycles. The van der Waals surface area contributed by atoms with Gasteiger partial charge in [0.25, 0.3) is 0 Å². The van der Waals surface area contributed by atoms with E-state index in [1.807, 2.05) is 36.0 Å². The Hall–Kier alpha value is -2.97. The first-order valence-electron chi connectivity index (χ1n) is 8.63. The van der Waals surface area contributed by atoms with Gasteiger partial charge >= 0.3 is 0 Å². The lowest BCUT2D eigenvalue weighted by Gasteiger charge is -2.20. The van der Waals surface area contributed by atoms with Crippen LogP contribution in [-0.4, -0.2) is 0 Å². The molecule has 4 aromatic carbocycles. The first-order valence-corrected chi connectivity index (χ1v) is 9.44. The highest BCUT2D eigenvalue weighted by molar-refractivity contribution is 7.99. The number of ether oxygens (including phenoxy) is 1. The second-order valence-corrected chi connectivity index (χ2v) is 7.27. The van der Waals surface area contributed by atoms with E-state index in [1.54, 1.807) is 0 Å². The van der Waals surface area contributed by atoms with E-state index in [2.05, 4.69) is 72.8 Å². The van der Waals surface area contributed by atoms with Gasteiger partial charge in [-0.15, -0.1) is 0 Å². The predicted molar refractivity (Wildman–Crippen MR) is 108 cm³/mol. The molecule has 0 unspecified atom stereocenters. The molecule has 0 fully saturated rings. The summed E-state index contributed by atoms with van der Waals surface area (Å²) >= 11 is 1.81. The Kier molecular flexibility index (Phi) is 3.76. The monoisotopic (exact) mass is 352 g/mol. The summed E-state index contributed by atoms with van der Waals surface area (Å²) in [6, 6.07) is 33.6. The van der Waals surface area contributed by atoms with Crippen LogP contribution in [0.4, 0.5) is 0 Å². The molecule has 0 saturated carbocycles. The predicted octanol–water partition coefficient (Wildman–Crippen LogP) is 7.28. The molecule has 0 atom stereocenters. The van der Waals surface area contributed by atoms with Crippen LogP contribution in [0.3, 0.4) is 0 Å². The van der Waals surface area contributed by atoms with E-state index in [4.69, 9.17) is 4.74 Å². The van der Waals surface area contributed by atoms with Crippen LogP contribution in [0.1, 0.15) is 0 Å². The van der Waals surface area contributed by atoms with Crippen LogP contribution in [0.15, 0.2) is 107 Å². The summed E-state index contributed by atoms with van der Waals surface area (Å²) in [4.78, 5) is 2.46. The Balaban J connectivity index is 1.84. The van der Waals surface area contributed by atoms with Crippen molar-refractivity contribution < 1.29 is 4.74 Å². The summed E-state index contributed by atoms with van der Waals surface area (Å²) in [5.41, 5.74) is 4.62. The minimum Gasteiger partial charge on any atom is -0.456 e. The van der Waals surface area contributed by atoms with E-state index in [0.29, 0.717) is 0 Å². The number of rotatable bonds is 0. The fourth-order valence-electron chi connectivity index (χ4n) is 3.35. The largest absolute Gasteiger partial charge is 0.456 e. The maximum Gasteiger partial charge on any atom is 0.135 e. The molecule has 0 bridgehead atoms. The number of fused-ring (bicyclic) bond motifs is 6. The molecule has 1 heterocycles. The van der Waals surface area contributed by atoms with Gasteiger partial charge in [0.1, 0.15) is 11.5 Å². The Morgan fingerprint density at radius 3 is 1.31 bits per heavy atom. The van der Waals surface area contributed by atoms with Crippen molar-refractivity contribution >= 4 is 11.8 Å². The molecule has 26 heavy (non-hydrogen) atoms. The zero-order valence-electron chi connectivity index (χ0n) is 14.1. The lowest BCUT2D eigenvalue weighted by atomic mass is 10.0. The summed E-state index contributed by atoms with van der Waals surface area (Å²) in [7, 11) is 0. The SMILES string of the molecule is c1ccc2c(c1)Oc1ccccc1-c1ccccc1Sc1ccccc1-2. The van der Waals surface area contributed by atoms with Crippen LogP contribution in [0, 0.1) is 0 Å². The third-order valence-corrected chi connectivity index (χ3v) is 5.72. The molecule has 124 valence electrons. The first kappa shape index (κ1) is 15.3. The van der Waals surface area contributed by atoms with E-state index in [-0.39, 0.29) is 0 Å². The quantitative estimate of drug-likeness (QED) is 0.290. The van der Waals surface area contributed by atoms with Crippen LogP contribution >= 0.6 is 11.8 Å². The van der Waals surface area contributed by atoms with Gasteiger partial charge in [-0.3, -0.25) is 0 Å². The topological polar surface area (TPSA) is 9.23 Å². The molecule has 1 aliphatic rings. The van der Waals surface area contributed by atoms with Gasteiger partial charge in [0, 0.05) is 20.9 Å². The zero-order chi connectivity index (χ0) is 17.3. The average molecular weight is 352 g/mol. The van der Waals surface area contributed by atoms with E-state index in [9.17, 15) is 0 Å². The van der Waals surface area contributed by atoms with Gasteiger partial charge in [0.05, 0.1) is 0 Å². The van der Waals surface area contributed by atoms with Crippen LogP contribution < -0.4 is 4.74 Å². The van der Waals surface area contributed by atoms with E-state index >= 15 is 0 Å². The van der Waals surface area contributed by atoms with Gasteiger partial charge in [-0.25, -0.2) is 0 Å². The van der Waals surface area contributed by atoms with Crippen LogP contribution in [0.25, 0.3) is 22.3 Å². The van der Waals surface area contributed by atoms with Crippen molar-refractivity contribution in [3.05, 3.63) is 97.1 Å². The third-order valence-electron chi connectivity index (χ3n) is 4.57. The van der Waals surface area contributed by atoms with Crippen molar-refractivity contribution in [3.8, 4) is 33.8 Å². The number of para-hydroxylation sites is 2. The summed E-state index contributed by atoms with van der Waals surface area (Å²) in [5, 5.41) is 0. The molecule has 0 radical (unpaired) electrons. The smallest absolute Gasteiger partial charge is 0.135 e. The summed E-state index contributed by atoms with van der Waals surface area (Å²) in [6.07, 6.45) is 0. The molecule has 0 saturated heterocycles. The second kappa shape index (κ2) is 6.40. The Labute approximate surface area is 157 Å². The molecule has 0 aliphatic carbocycles. The van der Waals surface area contributed by atoms with Crippen LogP contribution in [0.5, 0.6) is 11.5 Å². The molecule has 0 spiro atoms. The molecule has 1 nitrogen and oxygen atoms in total. The highest BCUT2D eigenvalue weighted by Gasteiger charge is 2.18. The van der Waals surface area contributed by atoms with Gasteiger partial charge in [-0.2, -0.15) is 0 Å². The molecular weight excluding hydrogens is 336 g/mol. The molecule has 1 aliphatic heterocycles. The van der Waals surface area contributed by atoms with Crippen molar-refractivity contribution in [2.45, 2.75) is 9.79 Å². The highest BCUT2D eigenvalue weighted by Crippen LogP contribution is 2.47. The Morgan fingerprint density at radius 2 is 0.808 bits per heavy atom. The Morgan fingerprint density at radius 1 is 0.423 bits per heavy atom. The van der Waals surface area contributed by atoms with Crippen LogP contribution in [0.2, 0.25) is 0 Å². The molecule has 2 heteroatoms. The number of benzene rings is 4. The zero-order valence-corrected chi connectivity index (χ0v) is 14.9. The van der Waals surface area contributed by atoms with Gasteiger partial charge in [-0.05, 0) is 35.4 Å². The summed E-state index contributed by atoms with van der Waals surface area (Å²) < 4.78 is 6.42. The van der Waals surface area contributed by atoms with Crippen molar-refractivity contribution in [1.82, 2.24) is 0 Å². The standard InChI is InChI=1S/C24H16OS/c1-5-13-21-17(9-1)19-11-3-7-15-23(19)26-24-16-8-4-12-20(24)18-10-2-6-14-22(18)25-21/h1-16H. The first-order chi connectivity index (χ1) is 12.9. The molecule has 4 aromatic rings. The average Bonchev–Trinajstić information content (AvgIpc) is 2.70. The van der Waals surface area contributed by atoms with Crippen LogP contribution in [-0.2, 0) is 0 Å². The fraction of sp³-hybridized carbons (Fsp3) is 0. The molecule has 0 amide bonds. The lowest BCUT2D eigenvalue weighted by Crippen LogP contribution is -1.94. The van der Waals surface area contributed by atoms with Crippen molar-refractivity contribution in [2.24, 2.45) is 0 Å². The normalized spacial score (nSPS) is 12.0. The summed E-state index contributed by atoms with van der Waals surface area (Å²) in [6.45, 7) is 0. The number of hydrogen-bond acceptors (Lipinski definition) is 2. The fourth-order valence-corrected chi connectivity index (χ4v) is 4.46. The van der Waals surface area contributed by atoms with Gasteiger partial charge in [-0.1, -0.05) is 84.6 Å². The van der Waals surface area contributed by atoms with Gasteiger partial charge in [0.2, 0.25) is 0 Å². The van der Waals surface area contributed by atoms with Crippen molar-refractivity contribution in [2.75, 3.05) is 0 Å². The van der Waals surface area contributed by atoms with Gasteiger partial charge in [0.15, 0.2) is 0 Å². The maximum absolute atomic E-state index is 6.42. The van der Waals surface area contributed by atoms with Gasteiger partial charge < -0.3 is 4.74 Å². The Bertz CT molecular complexity index is 924. The van der Waals surface area contributed by atoms with Crippen molar-refractivity contribution in [3.63, 3.8) is 0 Å². The third kappa shape index (κ3) is 2.59. The lowest BCUT2D eigenvalue weighted by molar-refractivity contribution is 0.486. The summed E-state index contributed by atoms with van der Waals surface area (Å²) in [5.74, 6) is 1.76. The highest BCUT2D eigenvalue weighted by atomic mass is 32.2. The van der Waals surface area contributed by atoms with E-state index < -0.39 is 0 Å². The minimum absolute atomic E-state index is 0.882. The second-order valence-electron chi connectivity index (χ2n) is 6.19. The molecule has 0 N–H and O–H groups in total.